The molecule has 0 aliphatic rings. The Morgan fingerprint density at radius 3 is 1.45 bits per heavy atom. The fraction of sp³-hybridized carbons (Fsp3) is 0.600. The highest BCUT2D eigenvalue weighted by atomic mass is 35.5. The number of hydrogen-bond donors (Lipinski definition) is 2. The maximum absolute atomic E-state index is 7.18. The van der Waals surface area contributed by atoms with Crippen LogP contribution < -0.4 is 0 Å². The summed E-state index contributed by atoms with van der Waals surface area (Å²) in [7, 11) is 0. The average molecular weight is 235 g/mol. The molecule has 6 heteroatoms. The fourth-order valence-electron chi connectivity index (χ4n) is 0.290. The van der Waals surface area contributed by atoms with E-state index >= 15 is 0 Å². The summed E-state index contributed by atoms with van der Waals surface area (Å²) >= 11 is 2.80. The van der Waals surface area contributed by atoms with E-state index in [0.717, 1.165) is 0 Å². The van der Waals surface area contributed by atoms with E-state index in [0.29, 0.717) is 16.5 Å². The van der Waals surface area contributed by atoms with Crippen LogP contribution in [0.4, 0.5) is 0 Å². The minimum Gasteiger partial charge on any atom is -0.298 e. The smallest absolute Gasteiger partial charge is 0.0703 e. The van der Waals surface area contributed by atoms with Crippen molar-refractivity contribution < 1.29 is 0 Å². The number of nitrogens with one attached hydrogen (secondary N) is 2. The van der Waals surface area contributed by atoms with Crippen molar-refractivity contribution in [2.45, 2.75) is 6.42 Å². The molecule has 0 saturated heterocycles. The molecule has 0 bridgehead atoms. The minimum absolute atomic E-state index is 0. The van der Waals surface area contributed by atoms with E-state index in [4.69, 9.17) is 10.8 Å². The molecule has 0 heterocycles. The zero-order chi connectivity index (χ0) is 7.28. The van der Waals surface area contributed by atoms with Gasteiger partial charge in [-0.3, -0.25) is 10.8 Å². The van der Waals surface area contributed by atoms with Gasteiger partial charge in [-0.05, 0) is 12.5 Å². The Labute approximate surface area is 88.1 Å². The molecule has 2 nitrogen and oxygen atoms in total. The lowest BCUT2D eigenvalue weighted by molar-refractivity contribution is 1.43. The van der Waals surface area contributed by atoms with Gasteiger partial charge in [0, 0.05) is 6.42 Å². The Balaban J connectivity index is -0.000000320. The highest BCUT2D eigenvalue weighted by Gasteiger charge is 1.97. The predicted octanol–water partition coefficient (Wildman–Crippen LogP) is 2.90. The molecule has 2 N–H and O–H groups in total. The predicted molar refractivity (Wildman–Crippen MR) is 61.6 cm³/mol. The highest BCUT2D eigenvalue weighted by molar-refractivity contribution is 8.15. The summed E-state index contributed by atoms with van der Waals surface area (Å²) in [5, 5.41) is 15.5. The lowest BCUT2D eigenvalue weighted by Crippen LogP contribution is -1.96. The van der Waals surface area contributed by atoms with Crippen LogP contribution in [-0.4, -0.2) is 22.6 Å². The van der Waals surface area contributed by atoms with Crippen molar-refractivity contribution in [3.05, 3.63) is 0 Å². The van der Waals surface area contributed by atoms with Crippen LogP contribution in [0.15, 0.2) is 0 Å². The van der Waals surface area contributed by atoms with Gasteiger partial charge >= 0.3 is 0 Å². The van der Waals surface area contributed by atoms with Gasteiger partial charge < -0.3 is 0 Å². The molecule has 0 spiro atoms. The molecule has 0 fully saturated rings. The maximum Gasteiger partial charge on any atom is 0.0703 e. The summed E-state index contributed by atoms with van der Waals surface area (Å²) < 4.78 is 0. The standard InChI is InChI=1S/C5H10N2S2.2ClH/c1-8-4(6)3-5(7)9-2;;/h6-7H,3H2,1-2H3;2*1H. The van der Waals surface area contributed by atoms with Crippen molar-refractivity contribution >= 4 is 58.4 Å². The van der Waals surface area contributed by atoms with Crippen molar-refractivity contribution in [2.75, 3.05) is 12.5 Å². The van der Waals surface area contributed by atoms with Gasteiger partial charge in [0.15, 0.2) is 0 Å². The normalized spacial score (nSPS) is 7.45. The average Bonchev–Trinajstić information content (AvgIpc) is 1.87. The van der Waals surface area contributed by atoms with Gasteiger partial charge in [0.05, 0.1) is 10.1 Å². The van der Waals surface area contributed by atoms with Crippen LogP contribution in [0.3, 0.4) is 0 Å². The molecular formula is C5H12Cl2N2S2. The van der Waals surface area contributed by atoms with Crippen molar-refractivity contribution in [1.82, 2.24) is 0 Å². The molecule has 0 rings (SSSR count). The summed E-state index contributed by atoms with van der Waals surface area (Å²) in [4.78, 5) is 0. The second-order valence-electron chi connectivity index (χ2n) is 1.43. The molecule has 0 aliphatic carbocycles. The van der Waals surface area contributed by atoms with Crippen molar-refractivity contribution in [3.8, 4) is 0 Å². The summed E-state index contributed by atoms with van der Waals surface area (Å²) in [6.45, 7) is 0. The van der Waals surface area contributed by atoms with Gasteiger partial charge in [0.25, 0.3) is 0 Å². The van der Waals surface area contributed by atoms with Crippen molar-refractivity contribution in [1.29, 1.82) is 10.8 Å². The van der Waals surface area contributed by atoms with Crippen molar-refractivity contribution in [2.24, 2.45) is 0 Å². The van der Waals surface area contributed by atoms with Crippen LogP contribution in [0.1, 0.15) is 6.42 Å². The van der Waals surface area contributed by atoms with E-state index in [1.165, 1.54) is 23.5 Å². The Hall–Kier alpha value is 0.620. The van der Waals surface area contributed by atoms with Gasteiger partial charge in [-0.2, -0.15) is 0 Å². The molecule has 0 aromatic rings. The fourth-order valence-corrected chi connectivity index (χ4v) is 0.959. The second kappa shape index (κ2) is 10.6. The monoisotopic (exact) mass is 234 g/mol. The Bertz CT molecular complexity index is 116. The number of hydrogen-bond acceptors (Lipinski definition) is 4. The lowest BCUT2D eigenvalue weighted by Gasteiger charge is -1.97. The Morgan fingerprint density at radius 2 is 1.27 bits per heavy atom. The molecule has 0 atom stereocenters. The molecule has 0 amide bonds. The number of halogens is 2. The van der Waals surface area contributed by atoms with E-state index in [2.05, 4.69) is 0 Å². The Morgan fingerprint density at radius 1 is 1.00 bits per heavy atom. The molecule has 0 aromatic carbocycles. The first kappa shape index (κ1) is 17.6. The molecule has 0 radical (unpaired) electrons. The van der Waals surface area contributed by atoms with Crippen molar-refractivity contribution in [3.63, 3.8) is 0 Å². The van der Waals surface area contributed by atoms with Gasteiger partial charge in [0.2, 0.25) is 0 Å². The van der Waals surface area contributed by atoms with E-state index in [9.17, 15) is 0 Å². The first-order valence-electron chi connectivity index (χ1n) is 2.43. The molecular weight excluding hydrogens is 223 g/mol. The van der Waals surface area contributed by atoms with Crippen LogP contribution in [0.2, 0.25) is 0 Å². The minimum atomic E-state index is 0. The molecule has 0 aliphatic heterocycles. The molecule has 11 heavy (non-hydrogen) atoms. The van der Waals surface area contributed by atoms with Gasteiger partial charge in [-0.1, -0.05) is 0 Å². The first-order valence-corrected chi connectivity index (χ1v) is 4.88. The number of thioether (sulfide) groups is 2. The largest absolute Gasteiger partial charge is 0.298 e. The molecule has 0 unspecified atom stereocenters. The van der Waals surface area contributed by atoms with Crippen LogP contribution in [0.25, 0.3) is 0 Å². The maximum atomic E-state index is 7.18. The van der Waals surface area contributed by atoms with E-state index in [1.807, 2.05) is 12.5 Å². The molecule has 0 aromatic heterocycles. The quantitative estimate of drug-likeness (QED) is 0.571. The van der Waals surface area contributed by atoms with E-state index in [-0.39, 0.29) is 24.8 Å². The lowest BCUT2D eigenvalue weighted by atomic mass is 10.5. The zero-order valence-electron chi connectivity index (χ0n) is 6.34. The van der Waals surface area contributed by atoms with E-state index < -0.39 is 0 Å². The SMILES string of the molecule is CSC(=N)CC(=N)SC.Cl.Cl. The second-order valence-corrected chi connectivity index (χ2v) is 3.23. The van der Waals surface area contributed by atoms with Gasteiger partial charge in [0.1, 0.15) is 0 Å². The Kier molecular flexibility index (Phi) is 17.0. The molecule has 0 saturated carbocycles. The number of rotatable bonds is 2. The zero-order valence-corrected chi connectivity index (χ0v) is 9.61. The summed E-state index contributed by atoms with van der Waals surface area (Å²) in [5.41, 5.74) is 0. The first-order chi connectivity index (χ1) is 4.20. The van der Waals surface area contributed by atoms with Crippen LogP contribution in [0.5, 0.6) is 0 Å². The third kappa shape index (κ3) is 10.6. The summed E-state index contributed by atoms with van der Waals surface area (Å²) in [6, 6.07) is 0. The van der Waals surface area contributed by atoms with Crippen LogP contribution in [-0.2, 0) is 0 Å². The topological polar surface area (TPSA) is 47.7 Å². The summed E-state index contributed by atoms with van der Waals surface area (Å²) in [5.74, 6) is 0. The van der Waals surface area contributed by atoms with Gasteiger partial charge in [-0.15, -0.1) is 48.3 Å². The van der Waals surface area contributed by atoms with Crippen LogP contribution in [0, 0.1) is 10.8 Å². The third-order valence-corrected chi connectivity index (χ3v) is 2.09. The third-order valence-electron chi connectivity index (χ3n) is 0.814. The molecule has 68 valence electrons. The van der Waals surface area contributed by atoms with E-state index in [1.54, 1.807) is 0 Å². The summed E-state index contributed by atoms with van der Waals surface area (Å²) in [6.07, 6.45) is 4.22. The van der Waals surface area contributed by atoms with Gasteiger partial charge in [-0.25, -0.2) is 0 Å². The highest BCUT2D eigenvalue weighted by Crippen LogP contribution is 2.06. The van der Waals surface area contributed by atoms with Crippen LogP contribution >= 0.6 is 48.3 Å².